The smallest absolute Gasteiger partial charge is 0.244 e. The van der Waals surface area contributed by atoms with Gasteiger partial charge in [0.2, 0.25) is 15.9 Å². The van der Waals surface area contributed by atoms with Gasteiger partial charge in [0.25, 0.3) is 0 Å². The largest absolute Gasteiger partial charge is 0.341 e. The fraction of sp³-hybridized carbons (Fsp3) is 0.632. The first-order valence-corrected chi connectivity index (χ1v) is 11.0. The third-order valence-corrected chi connectivity index (χ3v) is 7.28. The van der Waals surface area contributed by atoms with Gasteiger partial charge in [-0.05, 0) is 49.3 Å². The van der Waals surface area contributed by atoms with Crippen molar-refractivity contribution in [3.8, 4) is 0 Å². The molecule has 1 spiro atoms. The van der Waals surface area contributed by atoms with Gasteiger partial charge in [0.05, 0.1) is 0 Å². The van der Waals surface area contributed by atoms with Crippen molar-refractivity contribution < 1.29 is 17.6 Å². The molecule has 2 aliphatic heterocycles. The lowest BCUT2D eigenvalue weighted by Crippen LogP contribution is -2.54. The fourth-order valence-electron chi connectivity index (χ4n) is 3.99. The average molecular weight is 398 g/mol. The van der Waals surface area contributed by atoms with Crippen molar-refractivity contribution in [1.29, 1.82) is 0 Å². The minimum Gasteiger partial charge on any atom is -0.341 e. The van der Waals surface area contributed by atoms with Crippen LogP contribution in [0.25, 0.3) is 0 Å². The molecule has 8 heteroatoms. The van der Waals surface area contributed by atoms with Gasteiger partial charge in [-0.3, -0.25) is 4.79 Å². The summed E-state index contributed by atoms with van der Waals surface area (Å²) in [6.07, 6.45) is 2.98. The number of carbonyl (C=O) groups excluding carboxylic acids is 1. The molecule has 2 fully saturated rings. The Bertz CT molecular complexity index is 781. The first kappa shape index (κ1) is 20.2. The van der Waals surface area contributed by atoms with Crippen molar-refractivity contribution in [2.24, 2.45) is 11.3 Å². The Labute approximate surface area is 160 Å². The highest BCUT2D eigenvalue weighted by atomic mass is 32.2. The molecule has 2 aliphatic rings. The Morgan fingerprint density at radius 1 is 1.22 bits per heavy atom. The van der Waals surface area contributed by atoms with E-state index >= 15 is 0 Å². The third-order valence-electron chi connectivity index (χ3n) is 5.81. The summed E-state index contributed by atoms with van der Waals surface area (Å²) in [4.78, 5) is 14.3. The zero-order valence-electron chi connectivity index (χ0n) is 15.9. The summed E-state index contributed by atoms with van der Waals surface area (Å²) in [5.41, 5.74) is 0.275. The number of likely N-dealkylation sites (tertiary alicyclic amines) is 1. The highest BCUT2D eigenvalue weighted by Gasteiger charge is 2.40. The molecule has 27 heavy (non-hydrogen) atoms. The van der Waals surface area contributed by atoms with E-state index in [0.29, 0.717) is 13.1 Å². The molecule has 0 aromatic heterocycles. The van der Waals surface area contributed by atoms with Crippen LogP contribution in [-0.4, -0.2) is 51.4 Å². The standard InChI is InChI=1S/C19H28FN3O3S/c1-14(2)17(22-27(25,26)16-6-4-3-5-15(16)20)18(24)23-11-8-19(9-12-23)7-10-21-13-19/h3-6,14,17,21-22H,7-13H2,1-2H3. The molecule has 0 saturated carbocycles. The SMILES string of the molecule is CC(C)C(NS(=O)(=O)c1ccccc1F)C(=O)N1CCC2(CCNC2)CC1. The Morgan fingerprint density at radius 3 is 2.44 bits per heavy atom. The molecule has 150 valence electrons. The summed E-state index contributed by atoms with van der Waals surface area (Å²) in [6.45, 7) is 6.85. The maximum Gasteiger partial charge on any atom is 0.244 e. The minimum atomic E-state index is -4.12. The highest BCUT2D eigenvalue weighted by molar-refractivity contribution is 7.89. The lowest BCUT2D eigenvalue weighted by Gasteiger charge is -2.40. The molecule has 0 radical (unpaired) electrons. The van der Waals surface area contributed by atoms with E-state index in [9.17, 15) is 17.6 Å². The molecule has 2 saturated heterocycles. The van der Waals surface area contributed by atoms with Crippen LogP contribution < -0.4 is 10.0 Å². The number of halogens is 1. The predicted octanol–water partition coefficient (Wildman–Crippen LogP) is 1.73. The fourth-order valence-corrected chi connectivity index (χ4v) is 5.40. The van der Waals surface area contributed by atoms with Gasteiger partial charge in [0, 0.05) is 19.6 Å². The number of nitrogens with zero attached hydrogens (tertiary/aromatic N) is 1. The molecular formula is C19H28FN3O3S. The second kappa shape index (κ2) is 7.85. The van der Waals surface area contributed by atoms with Gasteiger partial charge in [0.1, 0.15) is 16.8 Å². The van der Waals surface area contributed by atoms with E-state index < -0.39 is 26.8 Å². The van der Waals surface area contributed by atoms with Crippen molar-refractivity contribution in [2.45, 2.75) is 44.0 Å². The van der Waals surface area contributed by atoms with E-state index in [0.717, 1.165) is 38.4 Å². The van der Waals surface area contributed by atoms with E-state index in [-0.39, 0.29) is 17.2 Å². The van der Waals surface area contributed by atoms with Crippen LogP contribution >= 0.6 is 0 Å². The molecule has 0 aliphatic carbocycles. The van der Waals surface area contributed by atoms with Gasteiger partial charge >= 0.3 is 0 Å². The molecule has 1 amide bonds. The minimum absolute atomic E-state index is 0.231. The van der Waals surface area contributed by atoms with E-state index in [4.69, 9.17) is 0 Å². The zero-order chi connectivity index (χ0) is 19.7. The number of sulfonamides is 1. The molecule has 3 rings (SSSR count). The average Bonchev–Trinajstić information content (AvgIpc) is 3.08. The predicted molar refractivity (Wildman–Crippen MR) is 101 cm³/mol. The van der Waals surface area contributed by atoms with E-state index in [1.54, 1.807) is 18.7 Å². The van der Waals surface area contributed by atoms with Crippen molar-refractivity contribution in [3.63, 3.8) is 0 Å². The maximum absolute atomic E-state index is 13.9. The number of hydrogen-bond donors (Lipinski definition) is 2. The van der Waals surface area contributed by atoms with Crippen molar-refractivity contribution >= 4 is 15.9 Å². The van der Waals surface area contributed by atoms with Crippen LogP contribution in [0, 0.1) is 17.2 Å². The summed E-state index contributed by atoms with van der Waals surface area (Å²) in [6, 6.07) is 4.28. The number of amides is 1. The Balaban J connectivity index is 1.72. The quantitative estimate of drug-likeness (QED) is 0.793. The van der Waals surface area contributed by atoms with Crippen LogP contribution in [0.2, 0.25) is 0 Å². The molecule has 1 atom stereocenters. The number of hydrogen-bond acceptors (Lipinski definition) is 4. The number of benzene rings is 1. The van der Waals surface area contributed by atoms with Gasteiger partial charge in [-0.2, -0.15) is 4.72 Å². The van der Waals surface area contributed by atoms with Crippen LogP contribution in [0.5, 0.6) is 0 Å². The molecule has 2 N–H and O–H groups in total. The van der Waals surface area contributed by atoms with Crippen molar-refractivity contribution in [1.82, 2.24) is 14.9 Å². The van der Waals surface area contributed by atoms with E-state index in [2.05, 4.69) is 10.0 Å². The second-order valence-corrected chi connectivity index (χ2v) is 9.71. The van der Waals surface area contributed by atoms with Crippen LogP contribution in [0.1, 0.15) is 33.1 Å². The summed E-state index contributed by atoms with van der Waals surface area (Å²) < 4.78 is 41.6. The molecule has 1 aromatic carbocycles. The number of nitrogens with one attached hydrogen (secondary N) is 2. The topological polar surface area (TPSA) is 78.5 Å². The summed E-state index contributed by atoms with van der Waals surface area (Å²) in [5.74, 6) is -1.30. The normalized spacial score (nSPS) is 21.0. The van der Waals surface area contributed by atoms with Gasteiger partial charge in [0.15, 0.2) is 0 Å². The maximum atomic E-state index is 13.9. The Morgan fingerprint density at radius 2 is 1.89 bits per heavy atom. The van der Waals surface area contributed by atoms with Crippen LogP contribution in [0.3, 0.4) is 0 Å². The van der Waals surface area contributed by atoms with Gasteiger partial charge < -0.3 is 10.2 Å². The number of carbonyl (C=O) groups is 1. The van der Waals surface area contributed by atoms with Gasteiger partial charge in [-0.25, -0.2) is 12.8 Å². The molecule has 1 unspecified atom stereocenters. The van der Waals surface area contributed by atoms with Gasteiger partial charge in [-0.15, -0.1) is 0 Å². The number of rotatable bonds is 5. The zero-order valence-corrected chi connectivity index (χ0v) is 16.7. The summed E-state index contributed by atoms with van der Waals surface area (Å²) in [5, 5.41) is 3.39. The summed E-state index contributed by atoms with van der Waals surface area (Å²) >= 11 is 0. The molecular weight excluding hydrogens is 369 g/mol. The first-order valence-electron chi connectivity index (χ1n) is 9.50. The van der Waals surface area contributed by atoms with Crippen LogP contribution in [-0.2, 0) is 14.8 Å². The third kappa shape index (κ3) is 4.33. The van der Waals surface area contributed by atoms with Crippen molar-refractivity contribution in [3.05, 3.63) is 30.1 Å². The molecule has 6 nitrogen and oxygen atoms in total. The summed E-state index contributed by atoms with van der Waals surface area (Å²) in [7, 11) is -4.12. The monoisotopic (exact) mass is 397 g/mol. The lowest BCUT2D eigenvalue weighted by atomic mass is 9.77. The van der Waals surface area contributed by atoms with Crippen LogP contribution in [0.4, 0.5) is 4.39 Å². The Kier molecular flexibility index (Phi) is 5.88. The van der Waals surface area contributed by atoms with E-state index in [1.165, 1.54) is 18.2 Å². The van der Waals surface area contributed by atoms with E-state index in [1.807, 2.05) is 0 Å². The Hall–Kier alpha value is -1.51. The first-order chi connectivity index (χ1) is 12.7. The molecule has 0 bridgehead atoms. The van der Waals surface area contributed by atoms with Gasteiger partial charge in [-0.1, -0.05) is 26.0 Å². The highest BCUT2D eigenvalue weighted by Crippen LogP contribution is 2.37. The molecule has 1 aromatic rings. The second-order valence-electron chi connectivity index (χ2n) is 8.03. The molecule has 2 heterocycles. The number of piperidine rings is 1. The van der Waals surface area contributed by atoms with Crippen LogP contribution in [0.15, 0.2) is 29.2 Å². The lowest BCUT2D eigenvalue weighted by molar-refractivity contribution is -0.136. The van der Waals surface area contributed by atoms with Crippen molar-refractivity contribution in [2.75, 3.05) is 26.2 Å².